The molecule has 0 N–H and O–H groups in total. The van der Waals surface area contributed by atoms with E-state index >= 15 is 0 Å². The van der Waals surface area contributed by atoms with Crippen LogP contribution in [0.4, 0.5) is 13.2 Å². The summed E-state index contributed by atoms with van der Waals surface area (Å²) in [4.78, 5) is 17.6. The number of hydrogen-bond donors (Lipinski definition) is 0. The van der Waals surface area contributed by atoms with Crippen molar-refractivity contribution < 1.29 is 27.4 Å². The lowest BCUT2D eigenvalue weighted by atomic mass is 10.1. The number of rotatable bonds is 4. The van der Waals surface area contributed by atoms with Gasteiger partial charge < -0.3 is 14.4 Å². The second-order valence-electron chi connectivity index (χ2n) is 5.56. The van der Waals surface area contributed by atoms with Crippen LogP contribution in [-0.2, 0) is 13.2 Å². The standard InChI is InChI=1S/C15H15F3N4O3/c1-21-8-11(13(20-21)24-2)14(23)22-6-10(7-22)25-12-5-9(3-4-19-12)15(16,17)18/h3-5,8,10H,6-7H2,1-2H3. The molecule has 0 saturated carbocycles. The maximum atomic E-state index is 12.7. The van der Waals surface area contributed by atoms with E-state index in [1.54, 1.807) is 13.2 Å². The highest BCUT2D eigenvalue weighted by molar-refractivity contribution is 5.96. The summed E-state index contributed by atoms with van der Waals surface area (Å²) < 4.78 is 49.9. The maximum absolute atomic E-state index is 12.7. The first kappa shape index (κ1) is 17.1. The molecule has 7 nitrogen and oxygen atoms in total. The van der Waals surface area contributed by atoms with E-state index in [2.05, 4.69) is 10.1 Å². The van der Waals surface area contributed by atoms with Crippen molar-refractivity contribution in [2.24, 2.45) is 7.05 Å². The zero-order valence-electron chi connectivity index (χ0n) is 13.4. The van der Waals surface area contributed by atoms with Crippen molar-refractivity contribution in [3.8, 4) is 11.8 Å². The minimum absolute atomic E-state index is 0.120. The lowest BCUT2D eigenvalue weighted by Gasteiger charge is -2.38. The fraction of sp³-hybridized carbons (Fsp3) is 0.400. The van der Waals surface area contributed by atoms with Crippen LogP contribution in [0.15, 0.2) is 24.5 Å². The monoisotopic (exact) mass is 356 g/mol. The first-order chi connectivity index (χ1) is 11.8. The molecule has 0 unspecified atom stereocenters. The number of carbonyl (C=O) groups excluding carboxylic acids is 1. The fourth-order valence-electron chi connectivity index (χ4n) is 2.44. The molecule has 1 aliphatic rings. The Morgan fingerprint density at radius 1 is 1.36 bits per heavy atom. The number of aryl methyl sites for hydroxylation is 1. The number of pyridine rings is 1. The van der Waals surface area contributed by atoms with E-state index in [4.69, 9.17) is 9.47 Å². The molecule has 134 valence electrons. The number of halogens is 3. The summed E-state index contributed by atoms with van der Waals surface area (Å²) >= 11 is 0. The average Bonchev–Trinajstić information content (AvgIpc) is 2.90. The van der Waals surface area contributed by atoms with Crippen LogP contribution in [0.25, 0.3) is 0 Å². The van der Waals surface area contributed by atoms with Crippen molar-refractivity contribution in [1.29, 1.82) is 0 Å². The third-order valence-corrected chi connectivity index (χ3v) is 3.70. The lowest BCUT2D eigenvalue weighted by molar-refractivity contribution is -0.137. The highest BCUT2D eigenvalue weighted by Gasteiger charge is 2.36. The Balaban J connectivity index is 1.60. The molecule has 1 amide bonds. The molecule has 1 aliphatic heterocycles. The van der Waals surface area contributed by atoms with E-state index in [0.717, 1.165) is 18.3 Å². The van der Waals surface area contributed by atoms with E-state index in [1.165, 1.54) is 16.7 Å². The van der Waals surface area contributed by atoms with Gasteiger partial charge in [0.1, 0.15) is 11.7 Å². The summed E-state index contributed by atoms with van der Waals surface area (Å²) in [5.74, 6) is -0.177. The quantitative estimate of drug-likeness (QED) is 0.835. The Hall–Kier alpha value is -2.78. The number of likely N-dealkylation sites (tertiary alicyclic amines) is 1. The van der Waals surface area contributed by atoms with Crippen LogP contribution >= 0.6 is 0 Å². The Kier molecular flexibility index (Phi) is 4.27. The van der Waals surface area contributed by atoms with Crippen LogP contribution in [0.1, 0.15) is 15.9 Å². The van der Waals surface area contributed by atoms with Gasteiger partial charge in [0, 0.05) is 25.5 Å². The van der Waals surface area contributed by atoms with E-state index in [-0.39, 0.29) is 30.8 Å². The Bertz CT molecular complexity index is 785. The van der Waals surface area contributed by atoms with Crippen LogP contribution in [0.2, 0.25) is 0 Å². The van der Waals surface area contributed by atoms with Crippen molar-refractivity contribution in [3.63, 3.8) is 0 Å². The van der Waals surface area contributed by atoms with Gasteiger partial charge in [-0.3, -0.25) is 9.48 Å². The van der Waals surface area contributed by atoms with Crippen molar-refractivity contribution >= 4 is 5.91 Å². The summed E-state index contributed by atoms with van der Waals surface area (Å²) in [6.45, 7) is 0.490. The zero-order valence-corrected chi connectivity index (χ0v) is 13.4. The first-order valence-corrected chi connectivity index (χ1v) is 7.34. The Labute approximate surface area is 141 Å². The number of alkyl halides is 3. The van der Waals surface area contributed by atoms with Gasteiger partial charge in [0.15, 0.2) is 0 Å². The molecule has 25 heavy (non-hydrogen) atoms. The number of ether oxygens (including phenoxy) is 2. The number of carbonyl (C=O) groups is 1. The molecule has 3 heterocycles. The van der Waals surface area contributed by atoms with Crippen LogP contribution in [0.3, 0.4) is 0 Å². The van der Waals surface area contributed by atoms with Crippen LogP contribution in [0.5, 0.6) is 11.8 Å². The molecule has 2 aromatic heterocycles. The predicted octanol–water partition coefficient (Wildman–Crippen LogP) is 1.75. The van der Waals surface area contributed by atoms with Gasteiger partial charge in [-0.25, -0.2) is 4.98 Å². The molecular formula is C15H15F3N4O3. The van der Waals surface area contributed by atoms with Gasteiger partial charge in [0.2, 0.25) is 11.8 Å². The summed E-state index contributed by atoms with van der Waals surface area (Å²) in [5, 5.41) is 4.01. The van der Waals surface area contributed by atoms with Crippen molar-refractivity contribution in [1.82, 2.24) is 19.7 Å². The molecule has 1 fully saturated rings. The van der Waals surface area contributed by atoms with Crippen LogP contribution < -0.4 is 9.47 Å². The van der Waals surface area contributed by atoms with Gasteiger partial charge in [-0.05, 0) is 6.07 Å². The minimum Gasteiger partial charge on any atom is -0.479 e. The molecule has 1 saturated heterocycles. The minimum atomic E-state index is -4.46. The summed E-state index contributed by atoms with van der Waals surface area (Å²) in [7, 11) is 3.08. The smallest absolute Gasteiger partial charge is 0.416 e. The molecule has 0 aliphatic carbocycles. The van der Waals surface area contributed by atoms with Gasteiger partial charge in [-0.15, -0.1) is 5.10 Å². The van der Waals surface area contributed by atoms with Gasteiger partial charge in [0.25, 0.3) is 5.91 Å². The molecule has 2 aromatic rings. The summed E-state index contributed by atoms with van der Waals surface area (Å²) in [6, 6.07) is 1.72. The average molecular weight is 356 g/mol. The summed E-state index contributed by atoms with van der Waals surface area (Å²) in [5.41, 5.74) is -0.509. The van der Waals surface area contributed by atoms with E-state index in [1.807, 2.05) is 0 Å². The van der Waals surface area contributed by atoms with E-state index in [9.17, 15) is 18.0 Å². The summed E-state index contributed by atoms with van der Waals surface area (Å²) in [6.07, 6.45) is -2.29. The van der Waals surface area contributed by atoms with Gasteiger partial charge >= 0.3 is 6.18 Å². The molecule has 10 heteroatoms. The zero-order chi connectivity index (χ0) is 18.2. The topological polar surface area (TPSA) is 69.5 Å². The third kappa shape index (κ3) is 3.52. The SMILES string of the molecule is COc1nn(C)cc1C(=O)N1CC(Oc2cc(C(F)(F)F)ccn2)C1. The lowest BCUT2D eigenvalue weighted by Crippen LogP contribution is -2.56. The highest BCUT2D eigenvalue weighted by Crippen LogP contribution is 2.31. The number of hydrogen-bond acceptors (Lipinski definition) is 5. The highest BCUT2D eigenvalue weighted by atomic mass is 19.4. The van der Waals surface area contributed by atoms with E-state index < -0.39 is 17.8 Å². The predicted molar refractivity (Wildman–Crippen MR) is 79.3 cm³/mol. The normalized spacial score (nSPS) is 15.0. The second-order valence-corrected chi connectivity index (χ2v) is 5.56. The third-order valence-electron chi connectivity index (χ3n) is 3.70. The fourth-order valence-corrected chi connectivity index (χ4v) is 2.44. The Morgan fingerprint density at radius 2 is 2.08 bits per heavy atom. The van der Waals surface area contributed by atoms with Crippen molar-refractivity contribution in [2.45, 2.75) is 12.3 Å². The van der Waals surface area contributed by atoms with Crippen LogP contribution in [-0.4, -0.2) is 51.9 Å². The number of amides is 1. The van der Waals surface area contributed by atoms with Gasteiger partial charge in [-0.1, -0.05) is 0 Å². The van der Waals surface area contributed by atoms with E-state index in [0.29, 0.717) is 5.56 Å². The number of aromatic nitrogens is 3. The van der Waals surface area contributed by atoms with Crippen molar-refractivity contribution in [3.05, 3.63) is 35.7 Å². The number of nitrogens with zero attached hydrogens (tertiary/aromatic N) is 4. The van der Waals surface area contributed by atoms with Crippen molar-refractivity contribution in [2.75, 3.05) is 20.2 Å². The first-order valence-electron chi connectivity index (χ1n) is 7.34. The van der Waals surface area contributed by atoms with Gasteiger partial charge in [0.05, 0.1) is 25.8 Å². The molecule has 0 atom stereocenters. The Morgan fingerprint density at radius 3 is 2.72 bits per heavy atom. The molecule has 0 radical (unpaired) electrons. The largest absolute Gasteiger partial charge is 0.479 e. The molecule has 3 rings (SSSR count). The van der Waals surface area contributed by atoms with Crippen LogP contribution in [0, 0.1) is 0 Å². The number of methoxy groups -OCH3 is 1. The molecular weight excluding hydrogens is 341 g/mol. The molecule has 0 aromatic carbocycles. The van der Waals surface area contributed by atoms with Gasteiger partial charge in [-0.2, -0.15) is 13.2 Å². The maximum Gasteiger partial charge on any atom is 0.416 e. The second kappa shape index (κ2) is 6.26. The molecule has 0 spiro atoms. The molecule has 0 bridgehead atoms.